The first kappa shape index (κ1) is 21.7. The molecule has 0 radical (unpaired) electrons. The van der Waals surface area contributed by atoms with Crippen LogP contribution in [0.5, 0.6) is 0 Å². The van der Waals surface area contributed by atoms with E-state index in [4.69, 9.17) is 5.11 Å². The molecule has 0 bridgehead atoms. The molecule has 1 N–H and O–H groups in total. The second kappa shape index (κ2) is 18.8. The minimum atomic E-state index is -0.819. The number of carboxylic acid groups (broad SMARTS) is 1. The van der Waals surface area contributed by atoms with Crippen LogP contribution in [0.4, 0.5) is 0 Å². The molecule has 128 valence electrons. The fourth-order valence-corrected chi connectivity index (χ4v) is 1.85. The number of unbranched alkanes of at least 4 members (excludes halogenated alkanes) is 6. The molecule has 0 saturated carbocycles. The molecule has 24 heavy (non-hydrogen) atoms. The van der Waals surface area contributed by atoms with Gasteiger partial charge in [0, 0.05) is 12.8 Å². The van der Waals surface area contributed by atoms with E-state index in [1.807, 2.05) is 0 Å². The Morgan fingerprint density at radius 2 is 1.12 bits per heavy atom. The van der Waals surface area contributed by atoms with Crippen LogP contribution in [0, 0.1) is 47.4 Å². The van der Waals surface area contributed by atoms with Gasteiger partial charge in [-0.2, -0.15) is 0 Å². The summed E-state index contributed by atoms with van der Waals surface area (Å²) in [5.41, 5.74) is 0. The van der Waals surface area contributed by atoms with Gasteiger partial charge in [-0.25, -0.2) is 0 Å². The van der Waals surface area contributed by atoms with Gasteiger partial charge >= 0.3 is 5.97 Å². The molecule has 0 aromatic carbocycles. The molecule has 0 aliphatic heterocycles. The summed E-state index contributed by atoms with van der Waals surface area (Å²) in [5, 5.41) is 8.44. The van der Waals surface area contributed by atoms with Crippen LogP contribution in [-0.2, 0) is 4.79 Å². The Kier molecular flexibility index (Phi) is 17.0. The van der Waals surface area contributed by atoms with E-state index in [1.54, 1.807) is 0 Å². The first-order valence-electron chi connectivity index (χ1n) is 8.82. The zero-order valence-electron chi connectivity index (χ0n) is 14.8. The highest BCUT2D eigenvalue weighted by Crippen LogP contribution is 2.06. The highest BCUT2D eigenvalue weighted by molar-refractivity contribution is 5.67. The van der Waals surface area contributed by atoms with E-state index in [1.165, 1.54) is 38.5 Å². The van der Waals surface area contributed by atoms with Crippen molar-refractivity contribution in [2.75, 3.05) is 0 Å². The fraction of sp³-hybridized carbons (Fsp3) is 0.591. The highest BCUT2D eigenvalue weighted by atomic mass is 16.4. The maximum atomic E-state index is 10.3. The smallest absolute Gasteiger partial charge is 0.304 e. The Hall–Kier alpha value is -2.29. The van der Waals surface area contributed by atoms with E-state index in [2.05, 4.69) is 54.3 Å². The van der Waals surface area contributed by atoms with Crippen LogP contribution in [-0.4, -0.2) is 11.1 Å². The van der Waals surface area contributed by atoms with Gasteiger partial charge in [-0.3, -0.25) is 4.79 Å². The topological polar surface area (TPSA) is 37.3 Å². The van der Waals surface area contributed by atoms with Crippen LogP contribution in [0.25, 0.3) is 0 Å². The van der Waals surface area contributed by atoms with Gasteiger partial charge in [0.25, 0.3) is 0 Å². The predicted molar refractivity (Wildman–Crippen MR) is 99.8 cm³/mol. The van der Waals surface area contributed by atoms with E-state index in [-0.39, 0.29) is 6.42 Å². The molecule has 0 heterocycles. The summed E-state index contributed by atoms with van der Waals surface area (Å²) in [6.45, 7) is 2.23. The van der Waals surface area contributed by atoms with E-state index in [0.29, 0.717) is 25.7 Å². The summed E-state index contributed by atoms with van der Waals surface area (Å²) >= 11 is 0. The van der Waals surface area contributed by atoms with Crippen LogP contribution in [0.2, 0.25) is 0 Å². The number of carboxylic acids is 1. The molecule has 0 amide bonds. The molecule has 0 spiro atoms. The summed E-state index contributed by atoms with van der Waals surface area (Å²) in [5.74, 6) is 22.8. The molecular formula is C22H28O2. The summed E-state index contributed by atoms with van der Waals surface area (Å²) in [4.78, 5) is 10.3. The molecule has 0 rings (SSSR count). The molecule has 0 saturated heterocycles. The first-order chi connectivity index (χ1) is 11.8. The second-order valence-electron chi connectivity index (χ2n) is 5.36. The maximum Gasteiger partial charge on any atom is 0.304 e. The molecular weight excluding hydrogens is 296 g/mol. The Labute approximate surface area is 147 Å². The Bertz CT molecular complexity index is 570. The van der Waals surface area contributed by atoms with Gasteiger partial charge in [-0.1, -0.05) is 74.6 Å². The molecule has 0 aliphatic rings. The number of carbonyl (C=O) groups is 1. The van der Waals surface area contributed by atoms with Gasteiger partial charge in [0.15, 0.2) is 0 Å². The van der Waals surface area contributed by atoms with E-state index in [9.17, 15) is 4.79 Å². The van der Waals surface area contributed by atoms with Crippen molar-refractivity contribution in [1.29, 1.82) is 0 Å². The van der Waals surface area contributed by atoms with E-state index >= 15 is 0 Å². The van der Waals surface area contributed by atoms with Crippen LogP contribution in [0.3, 0.4) is 0 Å². The lowest BCUT2D eigenvalue weighted by Gasteiger charge is -1.96. The monoisotopic (exact) mass is 324 g/mol. The summed E-state index contributed by atoms with van der Waals surface area (Å²) in [6.07, 6.45) is 10.9. The average Bonchev–Trinajstić information content (AvgIpc) is 2.56. The Morgan fingerprint density at radius 1 is 0.667 bits per heavy atom. The number of rotatable bonds is 8. The third-order valence-corrected chi connectivity index (χ3v) is 3.15. The standard InChI is InChI=1S/C22H28O2/c1-2-3-4-5-6-7-8-9-10-11-12-13-14-15-16-17-18-19-20-21-22(23)24/h2-8,11,14,17,20-21H2,1H3,(H,23,24). The third kappa shape index (κ3) is 19.7. The van der Waals surface area contributed by atoms with Crippen molar-refractivity contribution >= 4 is 5.97 Å². The van der Waals surface area contributed by atoms with Crippen LogP contribution < -0.4 is 0 Å². The molecule has 0 aliphatic carbocycles. The van der Waals surface area contributed by atoms with Crippen molar-refractivity contribution in [3.05, 3.63) is 0 Å². The van der Waals surface area contributed by atoms with Crippen molar-refractivity contribution in [3.8, 4) is 47.4 Å². The largest absolute Gasteiger partial charge is 0.481 e. The molecule has 0 unspecified atom stereocenters. The first-order valence-corrected chi connectivity index (χ1v) is 8.82. The van der Waals surface area contributed by atoms with Gasteiger partial charge in [-0.05, 0) is 6.42 Å². The zero-order chi connectivity index (χ0) is 17.7. The molecule has 0 atom stereocenters. The minimum absolute atomic E-state index is 0.0891. The Balaban J connectivity index is 3.54. The summed E-state index contributed by atoms with van der Waals surface area (Å²) < 4.78 is 0. The molecule has 2 nitrogen and oxygen atoms in total. The van der Waals surface area contributed by atoms with Crippen LogP contribution in [0.1, 0.15) is 84.0 Å². The third-order valence-electron chi connectivity index (χ3n) is 3.15. The Morgan fingerprint density at radius 3 is 1.67 bits per heavy atom. The fourth-order valence-electron chi connectivity index (χ4n) is 1.85. The summed E-state index contributed by atoms with van der Waals surface area (Å²) in [6, 6.07) is 0. The van der Waals surface area contributed by atoms with Gasteiger partial charge in [0.1, 0.15) is 0 Å². The van der Waals surface area contributed by atoms with Crippen LogP contribution >= 0.6 is 0 Å². The normalized spacial score (nSPS) is 8.38. The SMILES string of the molecule is CCCCCCCCC#CCC#CCC#CCC#CCCC(=O)O. The maximum absolute atomic E-state index is 10.3. The average molecular weight is 324 g/mol. The number of hydrogen-bond donors (Lipinski definition) is 1. The summed E-state index contributed by atoms with van der Waals surface area (Å²) in [7, 11) is 0. The minimum Gasteiger partial charge on any atom is -0.481 e. The van der Waals surface area contributed by atoms with Gasteiger partial charge in [-0.15, -0.1) is 11.8 Å². The van der Waals surface area contributed by atoms with Crippen molar-refractivity contribution in [2.24, 2.45) is 0 Å². The number of hydrogen-bond acceptors (Lipinski definition) is 1. The van der Waals surface area contributed by atoms with Gasteiger partial charge in [0.2, 0.25) is 0 Å². The second-order valence-corrected chi connectivity index (χ2v) is 5.36. The lowest BCUT2D eigenvalue weighted by molar-refractivity contribution is -0.136. The van der Waals surface area contributed by atoms with E-state index < -0.39 is 5.97 Å². The highest BCUT2D eigenvalue weighted by Gasteiger charge is 1.90. The van der Waals surface area contributed by atoms with Crippen molar-refractivity contribution < 1.29 is 9.90 Å². The van der Waals surface area contributed by atoms with Gasteiger partial charge < -0.3 is 5.11 Å². The van der Waals surface area contributed by atoms with Crippen molar-refractivity contribution in [2.45, 2.75) is 84.0 Å². The van der Waals surface area contributed by atoms with Crippen molar-refractivity contribution in [1.82, 2.24) is 0 Å². The zero-order valence-corrected chi connectivity index (χ0v) is 14.8. The van der Waals surface area contributed by atoms with Gasteiger partial charge in [0.05, 0.1) is 25.7 Å². The lowest BCUT2D eigenvalue weighted by Crippen LogP contribution is -1.91. The molecule has 2 heteroatoms. The lowest BCUT2D eigenvalue weighted by atomic mass is 10.1. The van der Waals surface area contributed by atoms with Crippen molar-refractivity contribution in [3.63, 3.8) is 0 Å². The quantitative estimate of drug-likeness (QED) is 0.515. The molecule has 0 fully saturated rings. The molecule has 0 aromatic rings. The van der Waals surface area contributed by atoms with E-state index in [0.717, 1.165) is 6.42 Å². The predicted octanol–water partition coefficient (Wildman–Crippen LogP) is 4.79. The molecule has 0 aromatic heterocycles. The number of aliphatic carboxylic acids is 1. The van der Waals surface area contributed by atoms with Crippen LogP contribution in [0.15, 0.2) is 0 Å².